The molecule has 178 valence electrons. The highest BCUT2D eigenvalue weighted by Gasteiger charge is 2.25. The molecule has 0 saturated carbocycles. The highest BCUT2D eigenvalue weighted by molar-refractivity contribution is 14.0. The zero-order chi connectivity index (χ0) is 22.1. The zero-order valence-corrected chi connectivity index (χ0v) is 22.4. The van der Waals surface area contributed by atoms with E-state index in [0.717, 1.165) is 64.7 Å². The number of ether oxygens (including phenoxy) is 1. The molecule has 1 amide bonds. The van der Waals surface area contributed by atoms with E-state index < -0.39 is 5.60 Å². The predicted molar refractivity (Wildman–Crippen MR) is 137 cm³/mol. The van der Waals surface area contributed by atoms with Crippen molar-refractivity contribution in [2.24, 2.45) is 12.0 Å². The van der Waals surface area contributed by atoms with Crippen molar-refractivity contribution in [3.63, 3.8) is 0 Å². The number of carbonyl (C=O) groups excluding carboxylic acids is 1. The minimum Gasteiger partial charge on any atom is -0.444 e. The number of piperazine rings is 1. The van der Waals surface area contributed by atoms with Gasteiger partial charge in [0.15, 0.2) is 5.96 Å². The minimum absolute atomic E-state index is 0. The maximum Gasteiger partial charge on any atom is 0.410 e. The van der Waals surface area contributed by atoms with E-state index >= 15 is 0 Å². The first-order valence-corrected chi connectivity index (χ1v) is 11.0. The lowest BCUT2D eigenvalue weighted by atomic mass is 10.2. The summed E-state index contributed by atoms with van der Waals surface area (Å²) in [6.45, 7) is 14.5. The highest BCUT2D eigenvalue weighted by atomic mass is 127. The van der Waals surface area contributed by atoms with Crippen LogP contribution in [0.2, 0.25) is 0 Å². The molecule has 1 fully saturated rings. The fourth-order valence-corrected chi connectivity index (χ4v) is 3.41. The van der Waals surface area contributed by atoms with Crippen molar-refractivity contribution in [2.75, 3.05) is 52.9 Å². The van der Waals surface area contributed by atoms with E-state index in [4.69, 9.17) is 9.73 Å². The number of rotatable bonds is 7. The summed E-state index contributed by atoms with van der Waals surface area (Å²) in [5, 5.41) is 3.38. The predicted octanol–water partition coefficient (Wildman–Crippen LogP) is 2.98. The molecule has 1 aliphatic heterocycles. The van der Waals surface area contributed by atoms with Gasteiger partial charge in [0.2, 0.25) is 0 Å². The van der Waals surface area contributed by atoms with Gasteiger partial charge < -0.3 is 24.4 Å². The number of guanidine groups is 1. The largest absolute Gasteiger partial charge is 0.444 e. The summed E-state index contributed by atoms with van der Waals surface area (Å²) < 4.78 is 7.60. The number of aromatic nitrogens is 1. The Morgan fingerprint density at radius 2 is 1.94 bits per heavy atom. The van der Waals surface area contributed by atoms with Crippen molar-refractivity contribution in [3.8, 4) is 0 Å². The van der Waals surface area contributed by atoms with Crippen LogP contribution < -0.4 is 5.32 Å². The van der Waals surface area contributed by atoms with Gasteiger partial charge in [0, 0.05) is 71.8 Å². The van der Waals surface area contributed by atoms with Crippen molar-refractivity contribution in [3.05, 3.63) is 24.0 Å². The quantitative estimate of drug-likeness (QED) is 0.246. The molecule has 0 spiro atoms. The number of aliphatic imine (C=N–C) groups is 1. The maximum absolute atomic E-state index is 12.2. The number of hydrogen-bond acceptors (Lipinski definition) is 4. The molecule has 0 radical (unpaired) electrons. The van der Waals surface area contributed by atoms with E-state index in [-0.39, 0.29) is 30.1 Å². The summed E-state index contributed by atoms with van der Waals surface area (Å²) in [5.41, 5.74) is 0.815. The van der Waals surface area contributed by atoms with Crippen LogP contribution in [0.5, 0.6) is 0 Å². The Bertz CT molecular complexity index is 692. The lowest BCUT2D eigenvalue weighted by Gasteiger charge is -2.35. The van der Waals surface area contributed by atoms with Crippen molar-refractivity contribution in [2.45, 2.75) is 46.3 Å². The van der Waals surface area contributed by atoms with E-state index in [9.17, 15) is 4.79 Å². The lowest BCUT2D eigenvalue weighted by Crippen LogP contribution is -2.50. The molecular formula is C22H41IN6O2. The Balaban J connectivity index is 0.00000480. The van der Waals surface area contributed by atoms with Crippen molar-refractivity contribution in [1.82, 2.24) is 24.6 Å². The number of aryl methyl sites for hydroxylation is 1. The van der Waals surface area contributed by atoms with Gasteiger partial charge in [-0.1, -0.05) is 0 Å². The summed E-state index contributed by atoms with van der Waals surface area (Å²) in [5.74, 6) is 0.938. The molecule has 8 nitrogen and oxygen atoms in total. The summed E-state index contributed by atoms with van der Waals surface area (Å²) >= 11 is 0. The summed E-state index contributed by atoms with van der Waals surface area (Å²) in [6, 6.07) is 4.20. The summed E-state index contributed by atoms with van der Waals surface area (Å²) in [6.07, 6.45) is 2.86. The summed E-state index contributed by atoms with van der Waals surface area (Å²) in [7, 11) is 4.14. The van der Waals surface area contributed by atoms with Crippen molar-refractivity contribution >= 4 is 36.0 Å². The third kappa shape index (κ3) is 9.67. The number of carbonyl (C=O) groups is 1. The molecule has 1 aliphatic rings. The molecule has 1 saturated heterocycles. The molecular weight excluding hydrogens is 507 g/mol. The molecule has 2 rings (SSSR count). The molecule has 0 unspecified atom stereocenters. The Labute approximate surface area is 205 Å². The normalized spacial score (nSPS) is 15.4. The summed E-state index contributed by atoms with van der Waals surface area (Å²) in [4.78, 5) is 23.3. The minimum atomic E-state index is -0.441. The molecule has 0 bridgehead atoms. The molecule has 1 aromatic heterocycles. The van der Waals surface area contributed by atoms with Crippen LogP contribution in [0.1, 0.15) is 39.8 Å². The number of nitrogens with one attached hydrogen (secondary N) is 1. The van der Waals surface area contributed by atoms with E-state index in [1.54, 1.807) is 0 Å². The monoisotopic (exact) mass is 548 g/mol. The average Bonchev–Trinajstić information content (AvgIpc) is 3.07. The van der Waals surface area contributed by atoms with E-state index in [2.05, 4.69) is 59.0 Å². The Morgan fingerprint density at radius 1 is 1.26 bits per heavy atom. The van der Waals surface area contributed by atoms with E-state index in [1.807, 2.05) is 25.7 Å². The highest BCUT2D eigenvalue weighted by Crippen LogP contribution is 2.12. The van der Waals surface area contributed by atoms with E-state index in [0.29, 0.717) is 0 Å². The van der Waals surface area contributed by atoms with Crippen LogP contribution in [0.25, 0.3) is 0 Å². The molecule has 0 atom stereocenters. The van der Waals surface area contributed by atoms with Crippen LogP contribution in [0.15, 0.2) is 23.3 Å². The standard InChI is InChI=1S/C22H40N6O2.HI/c1-7-23-20(26(6)18-19-10-8-12-25(19)5)24-11-9-13-27-14-16-28(17-15-27)21(29)30-22(2,3)4;/h8,10,12H,7,9,11,13-18H2,1-6H3,(H,23,24);1H. The van der Waals surface area contributed by atoms with Gasteiger partial charge in [-0.3, -0.25) is 9.89 Å². The van der Waals surface area contributed by atoms with Gasteiger partial charge in [0.25, 0.3) is 0 Å². The molecule has 1 aromatic rings. The van der Waals surface area contributed by atoms with Crippen molar-refractivity contribution < 1.29 is 9.53 Å². The van der Waals surface area contributed by atoms with Crippen LogP contribution in [0.4, 0.5) is 4.79 Å². The second kappa shape index (κ2) is 13.1. The topological polar surface area (TPSA) is 65.3 Å². The number of nitrogens with zero attached hydrogens (tertiary/aromatic N) is 5. The van der Waals surface area contributed by atoms with Gasteiger partial charge in [-0.25, -0.2) is 4.79 Å². The number of amides is 1. The first-order chi connectivity index (χ1) is 14.2. The molecule has 1 N–H and O–H groups in total. The average molecular weight is 549 g/mol. The van der Waals surface area contributed by atoms with Crippen LogP contribution in [0.3, 0.4) is 0 Å². The lowest BCUT2D eigenvalue weighted by molar-refractivity contribution is 0.0145. The third-order valence-electron chi connectivity index (χ3n) is 5.06. The maximum atomic E-state index is 12.2. The fourth-order valence-electron chi connectivity index (χ4n) is 3.41. The van der Waals surface area contributed by atoms with Gasteiger partial charge in [0.05, 0.1) is 6.54 Å². The Kier molecular flexibility index (Phi) is 11.7. The molecule has 31 heavy (non-hydrogen) atoms. The first-order valence-electron chi connectivity index (χ1n) is 11.0. The first kappa shape index (κ1) is 27.5. The zero-order valence-electron chi connectivity index (χ0n) is 20.1. The van der Waals surface area contributed by atoms with E-state index in [1.165, 1.54) is 5.69 Å². The van der Waals surface area contributed by atoms with Gasteiger partial charge in [-0.05, 0) is 46.2 Å². The molecule has 0 aromatic carbocycles. The molecule has 0 aliphatic carbocycles. The molecule has 2 heterocycles. The molecule has 9 heteroatoms. The van der Waals surface area contributed by atoms with Crippen LogP contribution in [-0.2, 0) is 18.3 Å². The second-order valence-corrected chi connectivity index (χ2v) is 8.86. The number of halogens is 1. The van der Waals surface area contributed by atoms with Crippen LogP contribution >= 0.6 is 24.0 Å². The van der Waals surface area contributed by atoms with Gasteiger partial charge in [-0.2, -0.15) is 0 Å². The van der Waals surface area contributed by atoms with Gasteiger partial charge in [0.1, 0.15) is 5.60 Å². The van der Waals surface area contributed by atoms with Gasteiger partial charge >= 0.3 is 6.09 Å². The smallest absolute Gasteiger partial charge is 0.410 e. The SMILES string of the molecule is CCNC(=NCCCN1CCN(C(=O)OC(C)(C)C)CC1)N(C)Cc1cccn1C.I. The van der Waals surface area contributed by atoms with Crippen LogP contribution in [-0.4, -0.2) is 89.8 Å². The third-order valence-corrected chi connectivity index (χ3v) is 5.06. The van der Waals surface area contributed by atoms with Crippen LogP contribution in [0, 0.1) is 0 Å². The van der Waals surface area contributed by atoms with Crippen molar-refractivity contribution in [1.29, 1.82) is 0 Å². The van der Waals surface area contributed by atoms with Gasteiger partial charge in [-0.15, -0.1) is 24.0 Å². The fraction of sp³-hybridized carbons (Fsp3) is 0.727. The Morgan fingerprint density at radius 3 is 2.48 bits per heavy atom. The second-order valence-electron chi connectivity index (χ2n) is 8.86. The number of hydrogen-bond donors (Lipinski definition) is 1. The Hall–Kier alpha value is -1.49.